The van der Waals surface area contributed by atoms with Crippen LogP contribution in [-0.2, 0) is 9.53 Å². The fourth-order valence-electron chi connectivity index (χ4n) is 3.21. The Morgan fingerprint density at radius 3 is 2.46 bits per heavy atom. The van der Waals surface area contributed by atoms with E-state index in [1.807, 2.05) is 4.90 Å². The molecule has 2 aliphatic heterocycles. The van der Waals surface area contributed by atoms with Gasteiger partial charge in [0.1, 0.15) is 5.82 Å². The van der Waals surface area contributed by atoms with E-state index in [4.69, 9.17) is 4.74 Å². The minimum Gasteiger partial charge on any atom is -0.379 e. The van der Waals surface area contributed by atoms with Gasteiger partial charge in [0, 0.05) is 26.2 Å². The lowest BCUT2D eigenvalue weighted by Crippen LogP contribution is -2.46. The smallest absolute Gasteiger partial charge is 0.236 e. The quantitative estimate of drug-likeness (QED) is 0.849. The average Bonchev–Trinajstić information content (AvgIpc) is 2.62. The molecule has 1 aromatic rings. The number of nitrogens with zero attached hydrogens (tertiary/aromatic N) is 2. The van der Waals surface area contributed by atoms with Crippen molar-refractivity contribution in [3.63, 3.8) is 0 Å². The summed E-state index contributed by atoms with van der Waals surface area (Å²) in [6.07, 6.45) is 6.23. The fourth-order valence-corrected chi connectivity index (χ4v) is 3.21. The first-order valence-corrected chi connectivity index (χ1v) is 8.72. The van der Waals surface area contributed by atoms with Gasteiger partial charge in [-0.25, -0.2) is 4.39 Å². The Balaban J connectivity index is 1.43. The van der Waals surface area contributed by atoms with Crippen LogP contribution in [0.1, 0.15) is 18.4 Å². The van der Waals surface area contributed by atoms with Gasteiger partial charge in [0.2, 0.25) is 5.91 Å². The summed E-state index contributed by atoms with van der Waals surface area (Å²) in [6.45, 7) is 5.31. The monoisotopic (exact) mass is 332 g/mol. The molecule has 0 bridgehead atoms. The number of carbonyl (C=O) groups excluding carboxylic acids is 1. The first kappa shape index (κ1) is 17.1. The molecule has 24 heavy (non-hydrogen) atoms. The van der Waals surface area contributed by atoms with Crippen LogP contribution in [0.15, 0.2) is 30.3 Å². The summed E-state index contributed by atoms with van der Waals surface area (Å²) in [6, 6.07) is 6.53. The third kappa shape index (κ3) is 4.89. The average molecular weight is 332 g/mol. The lowest BCUT2D eigenvalue weighted by Gasteiger charge is -2.33. The van der Waals surface area contributed by atoms with E-state index < -0.39 is 0 Å². The van der Waals surface area contributed by atoms with Gasteiger partial charge < -0.3 is 9.64 Å². The Morgan fingerprint density at radius 1 is 1.12 bits per heavy atom. The zero-order valence-electron chi connectivity index (χ0n) is 14.0. The number of allylic oxidation sites excluding steroid dienone is 1. The second kappa shape index (κ2) is 8.40. The van der Waals surface area contributed by atoms with E-state index in [1.165, 1.54) is 12.1 Å². The summed E-state index contributed by atoms with van der Waals surface area (Å²) in [4.78, 5) is 16.5. The normalized spacial score (nSPS) is 20.6. The second-order valence-corrected chi connectivity index (χ2v) is 6.52. The molecule has 0 saturated carbocycles. The van der Waals surface area contributed by atoms with E-state index in [1.54, 1.807) is 12.1 Å². The highest BCUT2D eigenvalue weighted by Gasteiger charge is 2.23. The Kier molecular flexibility index (Phi) is 5.99. The van der Waals surface area contributed by atoms with E-state index in [2.05, 4.69) is 17.1 Å². The maximum atomic E-state index is 12.9. The zero-order valence-corrected chi connectivity index (χ0v) is 14.0. The zero-order chi connectivity index (χ0) is 16.8. The summed E-state index contributed by atoms with van der Waals surface area (Å²) < 4.78 is 18.2. The molecule has 0 radical (unpaired) electrons. The van der Waals surface area contributed by atoms with Gasteiger partial charge in [0.15, 0.2) is 0 Å². The SMILES string of the molecule is O=C(CN1CCOCC1)N1CCC(C=Cc2ccc(F)cc2)CC1. The molecule has 130 valence electrons. The van der Waals surface area contributed by atoms with Crippen LogP contribution in [-0.4, -0.2) is 61.6 Å². The van der Waals surface area contributed by atoms with Crippen molar-refractivity contribution in [2.75, 3.05) is 45.9 Å². The minimum absolute atomic E-state index is 0.209. The molecular weight excluding hydrogens is 307 g/mol. The molecule has 0 aromatic heterocycles. The van der Waals surface area contributed by atoms with Crippen LogP contribution in [0, 0.1) is 11.7 Å². The first-order valence-electron chi connectivity index (χ1n) is 8.72. The van der Waals surface area contributed by atoms with Gasteiger partial charge in [-0.1, -0.05) is 24.3 Å². The number of hydrogen-bond donors (Lipinski definition) is 0. The standard InChI is InChI=1S/C19H25FN2O2/c20-18-5-3-16(4-6-18)1-2-17-7-9-22(10-8-17)19(23)15-21-11-13-24-14-12-21/h1-6,17H,7-15H2. The Morgan fingerprint density at radius 2 is 1.79 bits per heavy atom. The molecule has 1 aromatic carbocycles. The van der Waals surface area contributed by atoms with Gasteiger partial charge in [-0.15, -0.1) is 0 Å². The van der Waals surface area contributed by atoms with Crippen molar-refractivity contribution in [1.82, 2.24) is 9.80 Å². The Hall–Kier alpha value is -1.72. The molecule has 4 nitrogen and oxygen atoms in total. The van der Waals surface area contributed by atoms with Crippen LogP contribution in [0.3, 0.4) is 0 Å². The largest absolute Gasteiger partial charge is 0.379 e. The van der Waals surface area contributed by atoms with Gasteiger partial charge in [-0.05, 0) is 36.5 Å². The highest BCUT2D eigenvalue weighted by atomic mass is 19.1. The van der Waals surface area contributed by atoms with Crippen molar-refractivity contribution >= 4 is 12.0 Å². The summed E-state index contributed by atoms with van der Waals surface area (Å²) in [5, 5.41) is 0. The number of ether oxygens (including phenoxy) is 1. The molecule has 0 spiro atoms. The number of carbonyl (C=O) groups is 1. The number of amides is 1. The van der Waals surface area contributed by atoms with Gasteiger partial charge in [-0.2, -0.15) is 0 Å². The summed E-state index contributed by atoms with van der Waals surface area (Å²) in [5.74, 6) is 0.514. The van der Waals surface area contributed by atoms with Crippen LogP contribution in [0.25, 0.3) is 6.08 Å². The highest BCUT2D eigenvalue weighted by Crippen LogP contribution is 2.20. The van der Waals surface area contributed by atoms with Gasteiger partial charge in [0.05, 0.1) is 19.8 Å². The number of rotatable bonds is 4. The summed E-state index contributed by atoms with van der Waals surface area (Å²) in [5.41, 5.74) is 1.02. The van der Waals surface area contributed by atoms with Crippen molar-refractivity contribution in [2.45, 2.75) is 12.8 Å². The maximum Gasteiger partial charge on any atom is 0.236 e. The predicted molar refractivity (Wildman–Crippen MR) is 92.0 cm³/mol. The first-order chi connectivity index (χ1) is 11.7. The van der Waals surface area contributed by atoms with Gasteiger partial charge >= 0.3 is 0 Å². The van der Waals surface area contributed by atoms with Crippen molar-refractivity contribution in [1.29, 1.82) is 0 Å². The third-order valence-corrected chi connectivity index (χ3v) is 4.79. The number of benzene rings is 1. The molecular formula is C19H25FN2O2. The second-order valence-electron chi connectivity index (χ2n) is 6.52. The Labute approximate surface area is 142 Å². The molecule has 1 amide bonds. The van der Waals surface area contributed by atoms with Crippen LogP contribution < -0.4 is 0 Å². The molecule has 0 N–H and O–H groups in total. The molecule has 5 heteroatoms. The lowest BCUT2D eigenvalue weighted by molar-refractivity contribution is -0.134. The molecule has 2 aliphatic rings. The van der Waals surface area contributed by atoms with Crippen molar-refractivity contribution < 1.29 is 13.9 Å². The summed E-state index contributed by atoms with van der Waals surface area (Å²) >= 11 is 0. The highest BCUT2D eigenvalue weighted by molar-refractivity contribution is 5.78. The van der Waals surface area contributed by atoms with E-state index in [0.29, 0.717) is 12.5 Å². The molecule has 3 rings (SSSR count). The van der Waals surface area contributed by atoms with Crippen molar-refractivity contribution in [3.8, 4) is 0 Å². The molecule has 0 atom stereocenters. The van der Waals surface area contributed by atoms with Crippen LogP contribution >= 0.6 is 0 Å². The topological polar surface area (TPSA) is 32.8 Å². The van der Waals surface area contributed by atoms with Crippen molar-refractivity contribution in [2.24, 2.45) is 5.92 Å². The molecule has 2 saturated heterocycles. The minimum atomic E-state index is -0.209. The Bertz CT molecular complexity index is 559. The van der Waals surface area contributed by atoms with Gasteiger partial charge in [0.25, 0.3) is 0 Å². The van der Waals surface area contributed by atoms with E-state index in [-0.39, 0.29) is 11.7 Å². The molecule has 0 aliphatic carbocycles. The number of morpholine rings is 1. The summed E-state index contributed by atoms with van der Waals surface area (Å²) in [7, 11) is 0. The fraction of sp³-hybridized carbons (Fsp3) is 0.526. The maximum absolute atomic E-state index is 12.9. The molecule has 0 unspecified atom stereocenters. The number of halogens is 1. The molecule has 2 fully saturated rings. The van der Waals surface area contributed by atoms with E-state index >= 15 is 0 Å². The number of piperidine rings is 1. The van der Waals surface area contributed by atoms with Crippen molar-refractivity contribution in [3.05, 3.63) is 41.7 Å². The van der Waals surface area contributed by atoms with E-state index in [0.717, 1.165) is 57.8 Å². The van der Waals surface area contributed by atoms with Crippen LogP contribution in [0.5, 0.6) is 0 Å². The van der Waals surface area contributed by atoms with Gasteiger partial charge in [-0.3, -0.25) is 9.69 Å². The molecule has 2 heterocycles. The number of hydrogen-bond acceptors (Lipinski definition) is 3. The third-order valence-electron chi connectivity index (χ3n) is 4.79. The van der Waals surface area contributed by atoms with E-state index in [9.17, 15) is 9.18 Å². The number of likely N-dealkylation sites (tertiary alicyclic amines) is 1. The predicted octanol–water partition coefficient (Wildman–Crippen LogP) is 2.41. The van der Waals surface area contributed by atoms with Crippen LogP contribution in [0.2, 0.25) is 0 Å². The lowest BCUT2D eigenvalue weighted by atomic mass is 9.95. The van der Waals surface area contributed by atoms with Crippen LogP contribution in [0.4, 0.5) is 4.39 Å².